The molecule has 1 unspecified atom stereocenters. The van der Waals surface area contributed by atoms with E-state index >= 15 is 4.39 Å². The number of hydrogen-bond donors (Lipinski definition) is 1. The molecule has 5 fully saturated rings. The Bertz CT molecular complexity index is 2300. The highest BCUT2D eigenvalue weighted by Crippen LogP contribution is 2.46. The van der Waals surface area contributed by atoms with Crippen LogP contribution in [0, 0.1) is 17.8 Å². The van der Waals surface area contributed by atoms with Gasteiger partial charge in [0.05, 0.1) is 41.5 Å². The minimum absolute atomic E-state index is 0.00765. The van der Waals surface area contributed by atoms with Crippen LogP contribution < -0.4 is 20.0 Å². The van der Waals surface area contributed by atoms with E-state index < -0.39 is 35.5 Å². The van der Waals surface area contributed by atoms with Gasteiger partial charge in [0.1, 0.15) is 11.9 Å². The molecule has 6 aliphatic rings. The maximum atomic E-state index is 15.5. The van der Waals surface area contributed by atoms with Crippen LogP contribution in [0.4, 0.5) is 27.1 Å². The van der Waals surface area contributed by atoms with E-state index in [4.69, 9.17) is 18.2 Å². The fraction of sp³-hybridized carbons (Fsp3) is 0.488. The molecule has 3 aromatic rings. The van der Waals surface area contributed by atoms with Crippen molar-refractivity contribution in [2.45, 2.75) is 70.0 Å². The number of fused-ring (bicyclic) bond motifs is 1. The molecular formula is C43H46ClFN10O5. The summed E-state index contributed by atoms with van der Waals surface area (Å²) in [6.45, 7) is 15.8. The predicted octanol–water partition coefficient (Wildman–Crippen LogP) is 4.53. The van der Waals surface area contributed by atoms with Gasteiger partial charge in [-0.1, -0.05) is 17.7 Å². The topological polar surface area (TPSA) is 147 Å². The number of piperazine rings is 1. The molecule has 2 aromatic carbocycles. The third kappa shape index (κ3) is 7.21. The first-order valence-electron chi connectivity index (χ1n) is 20.8. The van der Waals surface area contributed by atoms with Crippen LogP contribution >= 0.6 is 11.6 Å². The Kier molecular flexibility index (Phi) is 10.4. The number of rotatable bonds is 6. The Hall–Kier alpha value is -5.66. The molecule has 7 heterocycles. The second-order valence-corrected chi connectivity index (χ2v) is 17.4. The number of anilines is 3. The zero-order valence-corrected chi connectivity index (χ0v) is 34.2. The SMILES string of the molecule is [C-]#[N+]c1ccc(N2CC3(CCN(c4cnc(C(=O)N5CCC(N6CCN(c7cc8c(cc7F)C(=O)N(C7CCC(=O)NC7=O)C8=O)CC6)CC5)nc4)CC3)C[C@@H]2C)cc1Cl. The van der Waals surface area contributed by atoms with Crippen molar-refractivity contribution in [2.24, 2.45) is 5.41 Å². The number of carbonyl (C=O) groups excluding carboxylic acids is 5. The lowest BCUT2D eigenvalue weighted by Crippen LogP contribution is -2.54. The number of hydrogen-bond acceptors (Lipinski definition) is 11. The van der Waals surface area contributed by atoms with E-state index in [2.05, 4.69) is 41.8 Å². The summed E-state index contributed by atoms with van der Waals surface area (Å²) in [4.78, 5) is 88.2. The molecule has 0 aliphatic carbocycles. The number of nitrogens with one attached hydrogen (secondary N) is 1. The van der Waals surface area contributed by atoms with Gasteiger partial charge in [-0.25, -0.2) is 19.2 Å². The van der Waals surface area contributed by atoms with Crippen molar-refractivity contribution >= 4 is 63.9 Å². The average Bonchev–Trinajstić information content (AvgIpc) is 3.70. The van der Waals surface area contributed by atoms with Gasteiger partial charge in [0, 0.05) is 88.1 Å². The van der Waals surface area contributed by atoms with E-state index in [-0.39, 0.29) is 52.8 Å². The molecule has 1 N–H and O–H groups in total. The summed E-state index contributed by atoms with van der Waals surface area (Å²) in [5, 5.41) is 2.67. The Morgan fingerprint density at radius 2 is 1.57 bits per heavy atom. The lowest BCUT2D eigenvalue weighted by atomic mass is 9.76. The van der Waals surface area contributed by atoms with E-state index in [0.717, 1.165) is 74.1 Å². The van der Waals surface area contributed by atoms with Crippen LogP contribution in [-0.4, -0.2) is 131 Å². The molecule has 6 aliphatic heterocycles. The Balaban J connectivity index is 0.745. The number of aromatic nitrogens is 2. The van der Waals surface area contributed by atoms with Gasteiger partial charge < -0.3 is 19.6 Å². The number of benzene rings is 2. The first-order chi connectivity index (χ1) is 28.9. The normalized spacial score (nSPS) is 23.7. The first kappa shape index (κ1) is 39.8. The van der Waals surface area contributed by atoms with Crippen molar-refractivity contribution in [3.8, 4) is 0 Å². The summed E-state index contributed by atoms with van der Waals surface area (Å²) in [5.74, 6) is -3.16. The molecule has 1 aromatic heterocycles. The largest absolute Gasteiger partial charge is 0.369 e. The van der Waals surface area contributed by atoms with Gasteiger partial charge in [0.15, 0.2) is 0 Å². The monoisotopic (exact) mass is 836 g/mol. The van der Waals surface area contributed by atoms with E-state index in [1.807, 2.05) is 21.9 Å². The van der Waals surface area contributed by atoms with Crippen LogP contribution in [0.3, 0.4) is 0 Å². The lowest BCUT2D eigenvalue weighted by Gasteiger charge is -2.43. The van der Waals surface area contributed by atoms with Gasteiger partial charge in [0.25, 0.3) is 17.7 Å². The van der Waals surface area contributed by atoms with Crippen molar-refractivity contribution in [3.05, 3.63) is 81.9 Å². The molecule has 2 atom stereocenters. The molecule has 312 valence electrons. The van der Waals surface area contributed by atoms with Crippen molar-refractivity contribution in [1.82, 2.24) is 30.0 Å². The summed E-state index contributed by atoms with van der Waals surface area (Å²) in [6, 6.07) is 7.72. The quantitative estimate of drug-likeness (QED) is 0.276. The predicted molar refractivity (Wildman–Crippen MR) is 221 cm³/mol. The number of piperidine rings is 3. The molecule has 0 bridgehead atoms. The van der Waals surface area contributed by atoms with Crippen LogP contribution in [0.15, 0.2) is 42.7 Å². The number of halogens is 2. The molecule has 0 radical (unpaired) electrons. The van der Waals surface area contributed by atoms with Gasteiger partial charge in [-0.3, -0.25) is 39.1 Å². The minimum Gasteiger partial charge on any atom is -0.369 e. The third-order valence-corrected chi connectivity index (χ3v) is 13.9. The van der Waals surface area contributed by atoms with Crippen LogP contribution in [0.25, 0.3) is 4.85 Å². The molecule has 60 heavy (non-hydrogen) atoms. The summed E-state index contributed by atoms with van der Waals surface area (Å²) in [5.41, 5.74) is 2.86. The van der Waals surface area contributed by atoms with Crippen LogP contribution in [0.5, 0.6) is 0 Å². The lowest BCUT2D eigenvalue weighted by molar-refractivity contribution is -0.136. The summed E-state index contributed by atoms with van der Waals surface area (Å²) in [7, 11) is 0. The molecular weight excluding hydrogens is 791 g/mol. The highest BCUT2D eigenvalue weighted by atomic mass is 35.5. The smallest absolute Gasteiger partial charge is 0.291 e. The van der Waals surface area contributed by atoms with E-state index in [0.29, 0.717) is 56.0 Å². The number of carbonyl (C=O) groups is 5. The molecule has 9 rings (SSSR count). The minimum atomic E-state index is -1.11. The zero-order chi connectivity index (χ0) is 41.9. The second-order valence-electron chi connectivity index (χ2n) is 17.0. The fourth-order valence-electron chi connectivity index (χ4n) is 10.3. The van der Waals surface area contributed by atoms with Crippen molar-refractivity contribution in [2.75, 3.05) is 73.6 Å². The van der Waals surface area contributed by atoms with Gasteiger partial charge >= 0.3 is 0 Å². The maximum absolute atomic E-state index is 15.5. The summed E-state index contributed by atoms with van der Waals surface area (Å²) < 4.78 is 15.5. The average molecular weight is 837 g/mol. The third-order valence-electron chi connectivity index (χ3n) is 13.6. The highest BCUT2D eigenvalue weighted by Gasteiger charge is 2.46. The molecule has 15 nitrogen and oxygen atoms in total. The van der Waals surface area contributed by atoms with Crippen LogP contribution in [-0.2, 0) is 9.59 Å². The fourth-order valence-corrected chi connectivity index (χ4v) is 10.5. The molecule has 5 amide bonds. The standard InChI is InChI=1S/C43H46ClFN10O5/c1-26-22-43(25-54(26)28-3-4-34(46-2)32(44)19-28)9-13-50(14-10-43)29-23-47-38(48-24-29)42(60)53-11-7-27(8-12-53)51-15-17-52(18-16-51)36-21-31-30(20-33(36)45)40(58)55(41(31)59)35-5-6-37(56)49-39(35)57/h3-4,19-21,23-24,26-27,35H,5-18,22,25H2,1H3,(H,49,56,57)/t26-,35?/m0/s1. The number of imide groups is 2. The highest BCUT2D eigenvalue weighted by molar-refractivity contribution is 6.33. The van der Waals surface area contributed by atoms with E-state index in [1.54, 1.807) is 18.5 Å². The summed E-state index contributed by atoms with van der Waals surface area (Å²) in [6.07, 6.45) is 8.31. The molecule has 17 heteroatoms. The number of nitrogens with zero attached hydrogens (tertiary/aromatic N) is 9. The second kappa shape index (κ2) is 15.7. The van der Waals surface area contributed by atoms with Gasteiger partial charge in [-0.05, 0) is 75.1 Å². The van der Waals surface area contributed by atoms with Crippen molar-refractivity contribution in [1.29, 1.82) is 0 Å². The van der Waals surface area contributed by atoms with Crippen LogP contribution in [0.1, 0.15) is 83.2 Å². The van der Waals surface area contributed by atoms with Gasteiger partial charge in [0.2, 0.25) is 23.3 Å². The van der Waals surface area contributed by atoms with Gasteiger partial charge in [-0.15, -0.1) is 0 Å². The van der Waals surface area contributed by atoms with Crippen molar-refractivity contribution in [3.63, 3.8) is 0 Å². The zero-order valence-electron chi connectivity index (χ0n) is 33.4. The molecule has 5 saturated heterocycles. The molecule has 1 spiro atoms. The van der Waals surface area contributed by atoms with Gasteiger partial charge in [-0.2, -0.15) is 0 Å². The van der Waals surface area contributed by atoms with E-state index in [9.17, 15) is 24.0 Å². The van der Waals surface area contributed by atoms with Crippen LogP contribution in [0.2, 0.25) is 5.02 Å². The van der Waals surface area contributed by atoms with E-state index in [1.165, 1.54) is 6.07 Å². The Labute approximate surface area is 352 Å². The first-order valence-corrected chi connectivity index (χ1v) is 21.1. The number of likely N-dealkylation sites (tertiary alicyclic amines) is 1. The Morgan fingerprint density at radius 3 is 2.22 bits per heavy atom. The molecule has 0 saturated carbocycles. The van der Waals surface area contributed by atoms with Crippen molar-refractivity contribution < 1.29 is 28.4 Å². The summed E-state index contributed by atoms with van der Waals surface area (Å²) >= 11 is 6.37. The Morgan fingerprint density at radius 1 is 0.883 bits per heavy atom. The number of amides is 5. The maximum Gasteiger partial charge on any atom is 0.291 e.